The molecule has 0 unspecified atom stereocenters. The van der Waals surface area contributed by atoms with Crippen LogP contribution >= 0.6 is 11.3 Å². The van der Waals surface area contributed by atoms with E-state index in [1.54, 1.807) is 4.57 Å². The number of aryl methyl sites for hydroxylation is 2. The maximum atomic E-state index is 12.1. The second-order valence-electron chi connectivity index (χ2n) is 5.71. The Hall–Kier alpha value is -2.02. The first-order chi connectivity index (χ1) is 10.3. The molecule has 0 radical (unpaired) electrons. The average Bonchev–Trinajstić information content (AvgIpc) is 2.80. The van der Waals surface area contributed by atoms with Gasteiger partial charge in [-0.05, 0) is 19.8 Å². The predicted molar refractivity (Wildman–Crippen MR) is 87.3 cm³/mol. The Morgan fingerprint density at radius 1 is 1.27 bits per heavy atom. The molecule has 0 aliphatic heterocycles. The molecule has 2 heterocycles. The molecule has 2 aromatic rings. The summed E-state index contributed by atoms with van der Waals surface area (Å²) in [7, 11) is 0. The summed E-state index contributed by atoms with van der Waals surface area (Å²) >= 11 is 1.40. The van der Waals surface area contributed by atoms with E-state index in [2.05, 4.69) is 29.4 Å². The number of carbonyl (C=O) groups is 1. The van der Waals surface area contributed by atoms with Gasteiger partial charge < -0.3 is 4.57 Å². The molecule has 0 fully saturated rings. The van der Waals surface area contributed by atoms with Crippen LogP contribution in [0.5, 0.6) is 0 Å². The number of aromatic nitrogens is 3. The minimum absolute atomic E-state index is 0.0471. The largest absolute Gasteiger partial charge is 0.340 e. The molecule has 7 heteroatoms. The molecule has 0 aliphatic carbocycles. The van der Waals surface area contributed by atoms with Crippen molar-refractivity contribution >= 4 is 22.4 Å². The van der Waals surface area contributed by atoms with Crippen LogP contribution in [0.1, 0.15) is 30.2 Å². The summed E-state index contributed by atoms with van der Waals surface area (Å²) in [4.78, 5) is 23.5. The van der Waals surface area contributed by atoms with Crippen LogP contribution in [0.4, 0.5) is 5.13 Å². The highest BCUT2D eigenvalue weighted by atomic mass is 32.1. The van der Waals surface area contributed by atoms with E-state index in [1.807, 2.05) is 13.8 Å². The summed E-state index contributed by atoms with van der Waals surface area (Å²) in [5, 5.41) is 12.2. The third kappa shape index (κ3) is 4.24. The maximum absolute atomic E-state index is 12.1. The van der Waals surface area contributed by atoms with Crippen LogP contribution in [-0.4, -0.2) is 20.7 Å². The molecule has 0 aromatic carbocycles. The predicted octanol–water partition coefficient (Wildman–Crippen LogP) is 2.15. The third-order valence-corrected chi connectivity index (χ3v) is 4.01. The Morgan fingerprint density at radius 2 is 1.91 bits per heavy atom. The lowest BCUT2D eigenvalue weighted by Crippen LogP contribution is -2.23. The Kier molecular flexibility index (Phi) is 5.07. The Balaban J connectivity index is 2.04. The van der Waals surface area contributed by atoms with Gasteiger partial charge in [-0.2, -0.15) is 0 Å². The van der Waals surface area contributed by atoms with Crippen molar-refractivity contribution < 1.29 is 4.79 Å². The zero-order valence-electron chi connectivity index (χ0n) is 13.2. The van der Waals surface area contributed by atoms with Crippen LogP contribution in [-0.2, 0) is 17.8 Å². The van der Waals surface area contributed by atoms with E-state index >= 15 is 0 Å². The van der Waals surface area contributed by atoms with E-state index in [9.17, 15) is 9.59 Å². The van der Waals surface area contributed by atoms with E-state index in [-0.39, 0.29) is 17.9 Å². The van der Waals surface area contributed by atoms with Gasteiger partial charge in [0.1, 0.15) is 11.6 Å². The first kappa shape index (κ1) is 16.4. The van der Waals surface area contributed by atoms with Gasteiger partial charge in [0, 0.05) is 29.9 Å². The van der Waals surface area contributed by atoms with Gasteiger partial charge in [0.25, 0.3) is 0 Å². The summed E-state index contributed by atoms with van der Waals surface area (Å²) < 4.78 is 1.80. The molecule has 6 nitrogen and oxygen atoms in total. The molecule has 1 N–H and O–H groups in total. The summed E-state index contributed by atoms with van der Waals surface area (Å²) in [5.74, 6) is 0.324. The number of hydrogen-bond acceptors (Lipinski definition) is 5. The number of nitrogens with one attached hydrogen (secondary N) is 1. The van der Waals surface area contributed by atoms with Crippen molar-refractivity contribution in [3.05, 3.63) is 38.8 Å². The summed E-state index contributed by atoms with van der Waals surface area (Å²) in [6, 6.07) is 3.04. The molecular weight excluding hydrogens is 300 g/mol. The lowest BCUT2D eigenvalue weighted by atomic mass is 10.1. The topological polar surface area (TPSA) is 76.9 Å². The Labute approximate surface area is 133 Å². The quantitative estimate of drug-likeness (QED) is 0.916. The lowest BCUT2D eigenvalue weighted by Gasteiger charge is -2.13. The molecule has 22 heavy (non-hydrogen) atoms. The second-order valence-corrected chi connectivity index (χ2v) is 6.77. The minimum atomic E-state index is -0.179. The van der Waals surface area contributed by atoms with Gasteiger partial charge in [-0.1, -0.05) is 25.2 Å². The fourth-order valence-electron chi connectivity index (χ4n) is 2.18. The normalized spacial score (nSPS) is 11.0. The van der Waals surface area contributed by atoms with Gasteiger partial charge in [0.2, 0.25) is 11.0 Å². The van der Waals surface area contributed by atoms with Crippen molar-refractivity contribution in [3.63, 3.8) is 0 Å². The van der Waals surface area contributed by atoms with Crippen molar-refractivity contribution in [3.8, 4) is 0 Å². The first-order valence-corrected chi connectivity index (χ1v) is 7.97. The number of carbonyl (C=O) groups excluding carboxylic acids is 1. The van der Waals surface area contributed by atoms with Gasteiger partial charge in [-0.25, -0.2) is 0 Å². The van der Waals surface area contributed by atoms with E-state index in [0.29, 0.717) is 11.0 Å². The van der Waals surface area contributed by atoms with Crippen molar-refractivity contribution in [2.45, 2.75) is 40.7 Å². The van der Waals surface area contributed by atoms with Gasteiger partial charge >= 0.3 is 0 Å². The third-order valence-electron chi connectivity index (χ3n) is 3.15. The zero-order valence-corrected chi connectivity index (χ0v) is 14.0. The lowest BCUT2D eigenvalue weighted by molar-refractivity contribution is -0.116. The number of rotatable bonds is 5. The first-order valence-electron chi connectivity index (χ1n) is 7.15. The number of hydrogen-bond donors (Lipinski definition) is 1. The molecule has 2 rings (SSSR count). The van der Waals surface area contributed by atoms with Crippen LogP contribution in [0, 0.1) is 19.8 Å². The smallest absolute Gasteiger partial charge is 0.246 e. The monoisotopic (exact) mass is 320 g/mol. The van der Waals surface area contributed by atoms with Crippen LogP contribution in [0.2, 0.25) is 0 Å². The molecule has 0 aliphatic rings. The molecule has 1 amide bonds. The standard InChI is InChI=1S/C15H20N4O2S/c1-9(2)5-14-17-18-15(22-14)16-13(21)8-19-10(3)6-12(20)7-11(19)4/h6-7,9H,5,8H2,1-4H3,(H,16,18,21). The highest BCUT2D eigenvalue weighted by molar-refractivity contribution is 7.15. The number of nitrogens with zero attached hydrogens (tertiary/aromatic N) is 3. The highest BCUT2D eigenvalue weighted by Crippen LogP contribution is 2.18. The highest BCUT2D eigenvalue weighted by Gasteiger charge is 2.11. The molecule has 0 saturated carbocycles. The van der Waals surface area contributed by atoms with Gasteiger partial charge in [0.05, 0.1) is 0 Å². The van der Waals surface area contributed by atoms with E-state index in [0.717, 1.165) is 22.8 Å². The fraction of sp³-hybridized carbons (Fsp3) is 0.467. The number of amides is 1. The van der Waals surface area contributed by atoms with Crippen LogP contribution < -0.4 is 10.7 Å². The fourth-order valence-corrected chi connectivity index (χ4v) is 3.14. The van der Waals surface area contributed by atoms with E-state index < -0.39 is 0 Å². The van der Waals surface area contributed by atoms with Crippen LogP contribution in [0.25, 0.3) is 0 Å². The second kappa shape index (κ2) is 6.83. The molecule has 0 spiro atoms. The molecule has 0 bridgehead atoms. The van der Waals surface area contributed by atoms with Gasteiger partial charge in [-0.15, -0.1) is 10.2 Å². The summed E-state index contributed by atoms with van der Waals surface area (Å²) in [6.45, 7) is 8.00. The molecule has 118 valence electrons. The number of pyridine rings is 1. The van der Waals surface area contributed by atoms with Crippen molar-refractivity contribution in [1.82, 2.24) is 14.8 Å². The van der Waals surface area contributed by atoms with Crippen molar-refractivity contribution in [2.75, 3.05) is 5.32 Å². The SMILES string of the molecule is Cc1cc(=O)cc(C)n1CC(=O)Nc1nnc(CC(C)C)s1. The van der Waals surface area contributed by atoms with Gasteiger partial charge in [0.15, 0.2) is 5.43 Å². The zero-order chi connectivity index (χ0) is 16.3. The van der Waals surface area contributed by atoms with Crippen LogP contribution in [0.15, 0.2) is 16.9 Å². The van der Waals surface area contributed by atoms with E-state index in [4.69, 9.17) is 0 Å². The Bertz CT molecular complexity index is 707. The molecule has 0 saturated heterocycles. The maximum Gasteiger partial charge on any atom is 0.246 e. The minimum Gasteiger partial charge on any atom is -0.340 e. The van der Waals surface area contributed by atoms with Crippen LogP contribution in [0.3, 0.4) is 0 Å². The van der Waals surface area contributed by atoms with Gasteiger partial charge in [-0.3, -0.25) is 14.9 Å². The molecular formula is C15H20N4O2S. The average molecular weight is 320 g/mol. The van der Waals surface area contributed by atoms with Crippen molar-refractivity contribution in [1.29, 1.82) is 0 Å². The summed E-state index contributed by atoms with van der Waals surface area (Å²) in [6.07, 6.45) is 0.853. The molecule has 0 atom stereocenters. The summed E-state index contributed by atoms with van der Waals surface area (Å²) in [5.41, 5.74) is 1.48. The Morgan fingerprint density at radius 3 is 2.50 bits per heavy atom. The number of anilines is 1. The molecule has 2 aromatic heterocycles. The van der Waals surface area contributed by atoms with Crippen molar-refractivity contribution in [2.24, 2.45) is 5.92 Å². The van der Waals surface area contributed by atoms with E-state index in [1.165, 1.54) is 23.5 Å².